The highest BCUT2D eigenvalue weighted by molar-refractivity contribution is 7.99. The number of amides is 1. The first-order chi connectivity index (χ1) is 11.8. The molecule has 1 aliphatic heterocycles. The number of benzene rings is 3. The Morgan fingerprint density at radius 1 is 0.958 bits per heavy atom. The van der Waals surface area contributed by atoms with Gasteiger partial charge in [-0.1, -0.05) is 54.6 Å². The van der Waals surface area contributed by atoms with Crippen molar-refractivity contribution in [2.45, 2.75) is 17.7 Å². The molecule has 24 heavy (non-hydrogen) atoms. The van der Waals surface area contributed by atoms with Crippen LogP contribution in [0.25, 0.3) is 10.8 Å². The van der Waals surface area contributed by atoms with Crippen LogP contribution in [-0.4, -0.2) is 18.2 Å². The molecule has 0 saturated heterocycles. The maximum Gasteiger partial charge on any atom is 0.231 e. The van der Waals surface area contributed by atoms with Gasteiger partial charge >= 0.3 is 0 Å². The minimum atomic E-state index is 0.181. The molecule has 0 spiro atoms. The van der Waals surface area contributed by atoms with Crippen molar-refractivity contribution >= 4 is 34.1 Å². The summed E-state index contributed by atoms with van der Waals surface area (Å²) in [6.07, 6.45) is 1.48. The number of nitrogens with zero attached hydrogens (tertiary/aromatic N) is 1. The van der Waals surface area contributed by atoms with E-state index in [0.717, 1.165) is 30.0 Å². The van der Waals surface area contributed by atoms with Crippen LogP contribution in [-0.2, 0) is 11.2 Å². The third-order valence-electron chi connectivity index (χ3n) is 4.41. The van der Waals surface area contributed by atoms with E-state index in [1.165, 1.54) is 15.7 Å². The molecule has 0 unspecified atom stereocenters. The molecule has 0 radical (unpaired) electrons. The first kappa shape index (κ1) is 15.3. The number of carbonyl (C=O) groups is 1. The number of rotatable bonds is 2. The van der Waals surface area contributed by atoms with Crippen molar-refractivity contribution in [3.8, 4) is 0 Å². The van der Waals surface area contributed by atoms with Gasteiger partial charge in [0.1, 0.15) is 0 Å². The van der Waals surface area contributed by atoms with Crippen LogP contribution in [0.4, 0.5) is 5.69 Å². The van der Waals surface area contributed by atoms with Gasteiger partial charge in [-0.15, -0.1) is 11.8 Å². The van der Waals surface area contributed by atoms with Gasteiger partial charge in [-0.25, -0.2) is 0 Å². The third-order valence-corrected chi connectivity index (χ3v) is 5.56. The molecule has 2 nitrogen and oxygen atoms in total. The molecule has 0 aliphatic carbocycles. The van der Waals surface area contributed by atoms with Crippen LogP contribution in [0, 0.1) is 0 Å². The lowest BCUT2D eigenvalue weighted by Gasteiger charge is -2.22. The van der Waals surface area contributed by atoms with E-state index in [1.54, 1.807) is 0 Å². The zero-order valence-corrected chi connectivity index (χ0v) is 14.3. The van der Waals surface area contributed by atoms with E-state index >= 15 is 0 Å². The highest BCUT2D eigenvalue weighted by atomic mass is 32.2. The van der Waals surface area contributed by atoms with Gasteiger partial charge in [0, 0.05) is 11.4 Å². The Kier molecular flexibility index (Phi) is 4.26. The predicted molar refractivity (Wildman–Crippen MR) is 102 cm³/mol. The summed E-state index contributed by atoms with van der Waals surface area (Å²) < 4.78 is 0. The molecule has 1 amide bonds. The number of para-hydroxylation sites is 1. The maximum atomic E-state index is 12.9. The summed E-state index contributed by atoms with van der Waals surface area (Å²) in [5, 5.41) is 2.40. The zero-order chi connectivity index (χ0) is 16.4. The molecule has 3 heteroatoms. The minimum absolute atomic E-state index is 0.181. The van der Waals surface area contributed by atoms with E-state index in [0.29, 0.717) is 6.42 Å². The lowest BCUT2D eigenvalue weighted by atomic mass is 10.0. The topological polar surface area (TPSA) is 20.3 Å². The van der Waals surface area contributed by atoms with Crippen LogP contribution in [0.3, 0.4) is 0 Å². The fourth-order valence-electron chi connectivity index (χ4n) is 3.21. The molecule has 1 aliphatic rings. The Morgan fingerprint density at radius 3 is 2.67 bits per heavy atom. The van der Waals surface area contributed by atoms with Gasteiger partial charge in [0.05, 0.1) is 12.1 Å². The van der Waals surface area contributed by atoms with Crippen molar-refractivity contribution in [3.05, 3.63) is 72.3 Å². The van der Waals surface area contributed by atoms with E-state index in [2.05, 4.69) is 42.5 Å². The summed E-state index contributed by atoms with van der Waals surface area (Å²) in [7, 11) is 0. The molecular weight excluding hydrogens is 314 g/mol. The molecule has 3 aromatic rings. The Labute approximate surface area is 146 Å². The van der Waals surface area contributed by atoms with E-state index < -0.39 is 0 Å². The normalized spacial score (nSPS) is 14.2. The van der Waals surface area contributed by atoms with Gasteiger partial charge in [0.15, 0.2) is 0 Å². The van der Waals surface area contributed by atoms with Crippen molar-refractivity contribution in [2.75, 3.05) is 17.2 Å². The molecule has 0 N–H and O–H groups in total. The predicted octanol–water partition coefficient (Wildman–Crippen LogP) is 4.91. The Bertz CT molecular complexity index is 890. The summed E-state index contributed by atoms with van der Waals surface area (Å²) in [4.78, 5) is 16.1. The summed E-state index contributed by atoms with van der Waals surface area (Å²) in [5.74, 6) is 1.25. The highest BCUT2D eigenvalue weighted by Gasteiger charge is 2.21. The van der Waals surface area contributed by atoms with Gasteiger partial charge in [-0.05, 0) is 40.6 Å². The second-order valence-corrected chi connectivity index (χ2v) is 7.21. The standard InChI is InChI=1S/C21H19NOS/c23-21(15-16-10-11-17-6-1-2-7-18(17)14-16)22-12-5-13-24-20-9-4-3-8-19(20)22/h1-4,6-11,14H,5,12-13,15H2. The second-order valence-electron chi connectivity index (χ2n) is 6.07. The van der Waals surface area contributed by atoms with E-state index in [4.69, 9.17) is 0 Å². The molecule has 4 rings (SSSR count). The summed E-state index contributed by atoms with van der Waals surface area (Å²) >= 11 is 1.84. The number of carbonyl (C=O) groups excluding carboxylic acids is 1. The molecule has 120 valence electrons. The van der Waals surface area contributed by atoms with Crippen LogP contribution < -0.4 is 4.90 Å². The average Bonchev–Trinajstić information content (AvgIpc) is 2.84. The van der Waals surface area contributed by atoms with Crippen molar-refractivity contribution in [1.82, 2.24) is 0 Å². The fourth-order valence-corrected chi connectivity index (χ4v) is 4.20. The maximum absolute atomic E-state index is 12.9. The fraction of sp³-hybridized carbons (Fsp3) is 0.190. The molecule has 0 saturated carbocycles. The smallest absolute Gasteiger partial charge is 0.231 e. The molecule has 0 fully saturated rings. The SMILES string of the molecule is O=C(Cc1ccc2ccccc2c1)N1CCCSc2ccccc21. The van der Waals surface area contributed by atoms with Crippen LogP contribution in [0.5, 0.6) is 0 Å². The van der Waals surface area contributed by atoms with E-state index in [-0.39, 0.29) is 5.91 Å². The monoisotopic (exact) mass is 333 g/mol. The first-order valence-electron chi connectivity index (χ1n) is 8.31. The molecule has 3 aromatic carbocycles. The van der Waals surface area contributed by atoms with Gasteiger partial charge in [-0.2, -0.15) is 0 Å². The van der Waals surface area contributed by atoms with Crippen LogP contribution in [0.2, 0.25) is 0 Å². The Hall–Kier alpha value is -2.26. The number of fused-ring (bicyclic) bond motifs is 2. The van der Waals surface area contributed by atoms with Gasteiger partial charge in [0.2, 0.25) is 5.91 Å². The quantitative estimate of drug-likeness (QED) is 0.664. The number of anilines is 1. The lowest BCUT2D eigenvalue weighted by Crippen LogP contribution is -2.33. The van der Waals surface area contributed by atoms with Crippen molar-refractivity contribution in [2.24, 2.45) is 0 Å². The van der Waals surface area contributed by atoms with Crippen molar-refractivity contribution < 1.29 is 4.79 Å². The van der Waals surface area contributed by atoms with Gasteiger partial charge in [0.25, 0.3) is 0 Å². The molecular formula is C21H19NOS. The van der Waals surface area contributed by atoms with Crippen molar-refractivity contribution in [1.29, 1.82) is 0 Å². The molecule has 0 aromatic heterocycles. The largest absolute Gasteiger partial charge is 0.311 e. The van der Waals surface area contributed by atoms with Gasteiger partial charge in [-0.3, -0.25) is 4.79 Å². The summed E-state index contributed by atoms with van der Waals surface area (Å²) in [6.45, 7) is 0.802. The summed E-state index contributed by atoms with van der Waals surface area (Å²) in [6, 6.07) is 22.8. The van der Waals surface area contributed by atoms with E-state index in [1.807, 2.05) is 40.9 Å². The van der Waals surface area contributed by atoms with Crippen LogP contribution in [0.1, 0.15) is 12.0 Å². The molecule has 1 heterocycles. The van der Waals surface area contributed by atoms with E-state index in [9.17, 15) is 4.79 Å². The zero-order valence-electron chi connectivity index (χ0n) is 13.4. The third kappa shape index (κ3) is 3.04. The molecule has 0 atom stereocenters. The van der Waals surface area contributed by atoms with Gasteiger partial charge < -0.3 is 4.90 Å². The van der Waals surface area contributed by atoms with Crippen LogP contribution >= 0.6 is 11.8 Å². The minimum Gasteiger partial charge on any atom is -0.311 e. The Morgan fingerprint density at radius 2 is 1.75 bits per heavy atom. The van der Waals surface area contributed by atoms with Crippen molar-refractivity contribution in [3.63, 3.8) is 0 Å². The molecule has 0 bridgehead atoms. The second kappa shape index (κ2) is 6.70. The highest BCUT2D eigenvalue weighted by Crippen LogP contribution is 2.33. The number of hydrogen-bond donors (Lipinski definition) is 0. The Balaban J connectivity index is 1.61. The van der Waals surface area contributed by atoms with Crippen LogP contribution in [0.15, 0.2) is 71.6 Å². The summed E-state index contributed by atoms with van der Waals surface area (Å²) in [5.41, 5.74) is 2.14. The lowest BCUT2D eigenvalue weighted by molar-refractivity contribution is -0.118. The number of hydrogen-bond acceptors (Lipinski definition) is 2. The number of thioether (sulfide) groups is 1. The average molecular weight is 333 g/mol. The first-order valence-corrected chi connectivity index (χ1v) is 9.30.